The molecule has 0 bridgehead atoms. The van der Waals surface area contributed by atoms with Gasteiger partial charge in [-0.15, -0.1) is 11.8 Å². The second-order valence-electron chi connectivity index (χ2n) is 8.37. The number of Topliss-reactive ketones (excluding diaryl/α,β-unsaturated/α-hetero) is 1. The minimum atomic E-state index is -0.825. The van der Waals surface area contributed by atoms with E-state index >= 15 is 0 Å². The molecular weight excluding hydrogens is 512 g/mol. The molecule has 1 unspecified atom stereocenters. The third-order valence-corrected chi connectivity index (χ3v) is 6.96. The Bertz CT molecular complexity index is 1400. The van der Waals surface area contributed by atoms with E-state index in [1.165, 1.54) is 0 Å². The molecule has 194 valence electrons. The van der Waals surface area contributed by atoms with Crippen molar-refractivity contribution in [3.63, 3.8) is 0 Å². The number of aryl methyl sites for hydroxylation is 1. The summed E-state index contributed by atoms with van der Waals surface area (Å²) in [6, 6.07) is 13.9. The lowest BCUT2D eigenvalue weighted by atomic mass is 9.95. The fraction of sp³-hybridized carbons (Fsp3) is 0.250. The number of benzene rings is 3. The van der Waals surface area contributed by atoms with E-state index in [9.17, 15) is 9.90 Å². The van der Waals surface area contributed by atoms with Gasteiger partial charge in [0.15, 0.2) is 5.78 Å². The van der Waals surface area contributed by atoms with Crippen molar-refractivity contribution >= 4 is 45.7 Å². The number of carbonyl (C=O) groups is 1. The number of aliphatic hydroxyl groups is 1. The van der Waals surface area contributed by atoms with Crippen molar-refractivity contribution in [1.29, 1.82) is 0 Å². The van der Waals surface area contributed by atoms with Gasteiger partial charge in [0, 0.05) is 56.0 Å². The van der Waals surface area contributed by atoms with Crippen LogP contribution in [0.1, 0.15) is 27.5 Å². The summed E-state index contributed by atoms with van der Waals surface area (Å²) in [6.07, 6.45) is 3.69. The van der Waals surface area contributed by atoms with Crippen LogP contribution in [0.25, 0.3) is 10.9 Å². The van der Waals surface area contributed by atoms with Gasteiger partial charge >= 0.3 is 0 Å². The van der Waals surface area contributed by atoms with Crippen molar-refractivity contribution in [2.24, 2.45) is 0 Å². The maximum absolute atomic E-state index is 14.2. The molecule has 4 aromatic rings. The van der Waals surface area contributed by atoms with Crippen LogP contribution in [0.15, 0.2) is 59.6 Å². The number of ketones is 1. The summed E-state index contributed by atoms with van der Waals surface area (Å²) in [5, 5.41) is 14.0. The number of halogens is 1. The first-order chi connectivity index (χ1) is 17.9. The summed E-state index contributed by atoms with van der Waals surface area (Å²) in [5.41, 5.74) is 3.54. The fourth-order valence-electron chi connectivity index (χ4n) is 4.21. The summed E-state index contributed by atoms with van der Waals surface area (Å²) in [6.45, 7) is 1.83. The highest BCUT2D eigenvalue weighted by Crippen LogP contribution is 2.37. The predicted octanol–water partition coefficient (Wildman–Crippen LogP) is 6.28. The Morgan fingerprint density at radius 3 is 2.62 bits per heavy atom. The van der Waals surface area contributed by atoms with E-state index in [2.05, 4.69) is 10.3 Å². The molecule has 0 saturated heterocycles. The zero-order valence-corrected chi connectivity index (χ0v) is 22.6. The fourth-order valence-corrected chi connectivity index (χ4v) is 4.85. The van der Waals surface area contributed by atoms with Crippen LogP contribution in [0.3, 0.4) is 0 Å². The maximum atomic E-state index is 14.2. The van der Waals surface area contributed by atoms with Crippen molar-refractivity contribution < 1.29 is 24.1 Å². The maximum Gasteiger partial charge on any atom is 0.191 e. The first-order valence-corrected chi connectivity index (χ1v) is 13.2. The molecule has 0 aliphatic carbocycles. The Kier molecular flexibility index (Phi) is 8.53. The number of aromatic nitrogens is 1. The molecule has 7 nitrogen and oxygen atoms in total. The zero-order valence-electron chi connectivity index (χ0n) is 21.1. The van der Waals surface area contributed by atoms with E-state index < -0.39 is 6.04 Å². The van der Waals surface area contributed by atoms with Crippen LogP contribution in [-0.2, 0) is 0 Å². The van der Waals surface area contributed by atoms with Crippen molar-refractivity contribution in [3.8, 4) is 17.2 Å². The van der Waals surface area contributed by atoms with Gasteiger partial charge in [0.2, 0.25) is 0 Å². The topological polar surface area (TPSA) is 92.8 Å². The molecule has 9 heteroatoms. The van der Waals surface area contributed by atoms with Crippen LogP contribution >= 0.6 is 23.4 Å². The van der Waals surface area contributed by atoms with Crippen LogP contribution in [0, 0.1) is 6.92 Å². The van der Waals surface area contributed by atoms with E-state index in [1.54, 1.807) is 50.4 Å². The van der Waals surface area contributed by atoms with Gasteiger partial charge in [-0.2, -0.15) is 0 Å². The van der Waals surface area contributed by atoms with Gasteiger partial charge < -0.3 is 29.6 Å². The van der Waals surface area contributed by atoms with E-state index in [4.69, 9.17) is 25.8 Å². The number of thioether (sulfide) groups is 1. The number of nitrogens with one attached hydrogen (secondary N) is 2. The molecule has 1 atom stereocenters. The number of aliphatic hydroxyl groups excluding tert-OH is 1. The predicted molar refractivity (Wildman–Crippen MR) is 149 cm³/mol. The summed E-state index contributed by atoms with van der Waals surface area (Å²) >= 11 is 7.83. The standard InChI is InChI=1S/C28H29ClN2O5S/c1-16-9-22-23(15-30-24(22)14-25(16)35-3)28(33)27(21-6-5-17(29)10-26(21)36-8-7-32)31-18-11-19(34-2)13-20(12-18)37-4/h5-6,9-15,27,30-32H,7-8H2,1-4H3. The van der Waals surface area contributed by atoms with Gasteiger partial charge in [-0.1, -0.05) is 17.7 Å². The Labute approximate surface area is 225 Å². The number of anilines is 1. The Morgan fingerprint density at radius 1 is 1.11 bits per heavy atom. The van der Waals surface area contributed by atoms with Gasteiger partial charge in [0.25, 0.3) is 0 Å². The number of aromatic amines is 1. The molecule has 4 rings (SSSR count). The van der Waals surface area contributed by atoms with Crippen LogP contribution in [0.4, 0.5) is 5.69 Å². The third kappa shape index (κ3) is 5.82. The molecule has 0 aliphatic heterocycles. The number of ether oxygens (including phenoxy) is 3. The molecule has 0 radical (unpaired) electrons. The lowest BCUT2D eigenvalue weighted by molar-refractivity contribution is 0.0969. The monoisotopic (exact) mass is 540 g/mol. The smallest absolute Gasteiger partial charge is 0.191 e. The highest BCUT2D eigenvalue weighted by molar-refractivity contribution is 7.98. The Morgan fingerprint density at radius 2 is 1.92 bits per heavy atom. The van der Waals surface area contributed by atoms with E-state index in [0.717, 1.165) is 27.1 Å². The molecular formula is C28H29ClN2O5S. The SMILES string of the molecule is COc1cc(NC(C(=O)c2c[nH]c3cc(OC)c(C)cc23)c2ccc(Cl)cc2OCCO)cc(SC)c1. The number of fused-ring (bicyclic) bond motifs is 1. The van der Waals surface area contributed by atoms with Crippen molar-refractivity contribution in [1.82, 2.24) is 4.98 Å². The lowest BCUT2D eigenvalue weighted by Crippen LogP contribution is -2.22. The first kappa shape index (κ1) is 26.7. The van der Waals surface area contributed by atoms with Crippen LogP contribution in [-0.4, -0.2) is 49.6 Å². The number of hydrogen-bond donors (Lipinski definition) is 3. The number of hydrogen-bond acceptors (Lipinski definition) is 7. The van der Waals surface area contributed by atoms with Crippen LogP contribution in [0.5, 0.6) is 17.2 Å². The van der Waals surface area contributed by atoms with Gasteiger partial charge in [-0.25, -0.2) is 0 Å². The molecule has 1 heterocycles. The van der Waals surface area contributed by atoms with E-state index in [1.807, 2.05) is 43.5 Å². The molecule has 3 N–H and O–H groups in total. The second-order valence-corrected chi connectivity index (χ2v) is 9.68. The van der Waals surface area contributed by atoms with Gasteiger partial charge in [0.05, 0.1) is 20.8 Å². The summed E-state index contributed by atoms with van der Waals surface area (Å²) in [7, 11) is 3.23. The van der Waals surface area contributed by atoms with Crippen molar-refractivity contribution in [3.05, 3.63) is 76.4 Å². The summed E-state index contributed by atoms with van der Waals surface area (Å²) in [4.78, 5) is 18.4. The number of rotatable bonds is 11. The molecule has 3 aromatic carbocycles. The molecule has 0 aliphatic rings. The highest BCUT2D eigenvalue weighted by Gasteiger charge is 2.28. The Hall–Kier alpha value is -3.33. The minimum absolute atomic E-state index is 0.0656. The van der Waals surface area contributed by atoms with Crippen molar-refractivity contribution in [2.75, 3.05) is 39.0 Å². The average molecular weight is 541 g/mol. The Balaban J connectivity index is 1.85. The second kappa shape index (κ2) is 11.8. The summed E-state index contributed by atoms with van der Waals surface area (Å²) in [5.74, 6) is 1.66. The van der Waals surface area contributed by atoms with Gasteiger partial charge in [-0.3, -0.25) is 4.79 Å². The van der Waals surface area contributed by atoms with E-state index in [-0.39, 0.29) is 19.0 Å². The lowest BCUT2D eigenvalue weighted by Gasteiger charge is -2.23. The number of methoxy groups -OCH3 is 2. The van der Waals surface area contributed by atoms with Crippen LogP contribution in [0.2, 0.25) is 5.02 Å². The molecule has 0 spiro atoms. The van der Waals surface area contributed by atoms with E-state index in [0.29, 0.717) is 33.3 Å². The first-order valence-electron chi connectivity index (χ1n) is 11.6. The molecule has 0 amide bonds. The summed E-state index contributed by atoms with van der Waals surface area (Å²) < 4.78 is 16.7. The number of H-pyrrole nitrogens is 1. The normalized spacial score (nSPS) is 11.8. The molecule has 0 fully saturated rings. The van der Waals surface area contributed by atoms with Gasteiger partial charge in [-0.05, 0) is 49.1 Å². The minimum Gasteiger partial charge on any atom is -0.497 e. The molecule has 1 aromatic heterocycles. The van der Waals surface area contributed by atoms with Gasteiger partial charge in [0.1, 0.15) is 29.9 Å². The third-order valence-electron chi connectivity index (χ3n) is 6.02. The highest BCUT2D eigenvalue weighted by atomic mass is 35.5. The van der Waals surface area contributed by atoms with Crippen LogP contribution < -0.4 is 19.5 Å². The average Bonchev–Trinajstić information content (AvgIpc) is 3.32. The quantitative estimate of drug-likeness (QED) is 0.152. The molecule has 0 saturated carbocycles. The van der Waals surface area contributed by atoms with Crippen molar-refractivity contribution in [2.45, 2.75) is 17.9 Å². The zero-order chi connectivity index (χ0) is 26.5. The number of carbonyl (C=O) groups excluding carboxylic acids is 1. The largest absolute Gasteiger partial charge is 0.497 e. The molecule has 37 heavy (non-hydrogen) atoms.